The van der Waals surface area contributed by atoms with Gasteiger partial charge in [-0.3, -0.25) is 0 Å². The first-order chi connectivity index (χ1) is 12.0. The summed E-state index contributed by atoms with van der Waals surface area (Å²) in [4.78, 5) is 11.9. The third-order valence-corrected chi connectivity index (χ3v) is 3.90. The third-order valence-electron chi connectivity index (χ3n) is 3.31. The zero-order chi connectivity index (χ0) is 18.2. The van der Waals surface area contributed by atoms with Gasteiger partial charge in [0.05, 0.1) is 24.4 Å². The van der Waals surface area contributed by atoms with Gasteiger partial charge in [-0.15, -0.1) is 0 Å². The highest BCUT2D eigenvalue weighted by atomic mass is 79.9. The van der Waals surface area contributed by atoms with Crippen molar-refractivity contribution in [1.82, 2.24) is 5.43 Å². The van der Waals surface area contributed by atoms with E-state index in [-0.39, 0.29) is 0 Å². The number of methoxy groups -OCH3 is 1. The molecule has 0 saturated carbocycles. The van der Waals surface area contributed by atoms with Crippen molar-refractivity contribution >= 4 is 33.9 Å². The number of hydrazone groups is 1. The predicted molar refractivity (Wildman–Crippen MR) is 103 cm³/mol. The maximum atomic E-state index is 11.9. The van der Waals surface area contributed by atoms with Crippen molar-refractivity contribution in [3.63, 3.8) is 0 Å². The van der Waals surface area contributed by atoms with Gasteiger partial charge in [-0.05, 0) is 59.1 Å². The van der Waals surface area contributed by atoms with E-state index in [0.29, 0.717) is 18.1 Å². The Bertz CT molecular complexity index is 778. The molecule has 0 aliphatic heterocycles. The molecule has 0 spiro atoms. The molecule has 2 N–H and O–H groups in total. The van der Waals surface area contributed by atoms with Gasteiger partial charge in [0.25, 0.3) is 0 Å². The smallest absolute Gasteiger partial charge is 0.339 e. The van der Waals surface area contributed by atoms with Gasteiger partial charge in [-0.1, -0.05) is 18.2 Å². The summed E-state index contributed by atoms with van der Waals surface area (Å²) in [6, 6.07) is 10.7. The van der Waals surface area contributed by atoms with Gasteiger partial charge >= 0.3 is 6.03 Å². The normalized spacial score (nSPS) is 10.6. The molecule has 2 aromatic carbocycles. The fourth-order valence-corrected chi connectivity index (χ4v) is 2.77. The molecule has 0 radical (unpaired) electrons. The molecule has 6 nitrogen and oxygen atoms in total. The van der Waals surface area contributed by atoms with Gasteiger partial charge in [-0.25, -0.2) is 10.2 Å². The largest absolute Gasteiger partial charge is 0.492 e. The summed E-state index contributed by atoms with van der Waals surface area (Å²) in [6.45, 7) is 4.33. The van der Waals surface area contributed by atoms with Crippen molar-refractivity contribution in [3.05, 3.63) is 52.0 Å². The second kappa shape index (κ2) is 9.08. The topological polar surface area (TPSA) is 72.0 Å². The zero-order valence-electron chi connectivity index (χ0n) is 14.3. The lowest BCUT2D eigenvalue weighted by molar-refractivity contribution is 0.252. The SMILES string of the molecule is CCOc1cc(C=NNC(=O)Nc2ccccc2C)cc(Br)c1OC. The first kappa shape index (κ1) is 18.8. The van der Waals surface area contributed by atoms with Crippen LogP contribution in [0.25, 0.3) is 0 Å². The number of anilines is 1. The average Bonchev–Trinajstić information content (AvgIpc) is 2.57. The third kappa shape index (κ3) is 5.22. The van der Waals surface area contributed by atoms with Crippen molar-refractivity contribution in [2.45, 2.75) is 13.8 Å². The number of para-hydroxylation sites is 1. The van der Waals surface area contributed by atoms with E-state index in [9.17, 15) is 4.79 Å². The Morgan fingerprint density at radius 1 is 1.32 bits per heavy atom. The lowest BCUT2D eigenvalue weighted by atomic mass is 10.2. The molecular weight excluding hydrogens is 386 g/mol. The number of aryl methyl sites for hydroxylation is 1. The van der Waals surface area contributed by atoms with Crippen LogP contribution in [0, 0.1) is 6.92 Å². The molecule has 132 valence electrons. The number of amides is 2. The van der Waals surface area contributed by atoms with Crippen molar-refractivity contribution in [1.29, 1.82) is 0 Å². The first-order valence-corrected chi connectivity index (χ1v) is 8.50. The van der Waals surface area contributed by atoms with Gasteiger partial charge < -0.3 is 14.8 Å². The van der Waals surface area contributed by atoms with Gasteiger partial charge in [0, 0.05) is 5.69 Å². The number of carbonyl (C=O) groups excluding carboxylic acids is 1. The Balaban J connectivity index is 2.04. The van der Waals surface area contributed by atoms with E-state index in [1.54, 1.807) is 13.2 Å². The minimum absolute atomic E-state index is 0.414. The number of urea groups is 1. The lowest BCUT2D eigenvalue weighted by Gasteiger charge is -2.11. The predicted octanol–water partition coefficient (Wildman–Crippen LogP) is 4.32. The molecule has 0 heterocycles. The van der Waals surface area contributed by atoms with E-state index in [1.165, 1.54) is 6.21 Å². The summed E-state index contributed by atoms with van der Waals surface area (Å²) < 4.78 is 11.6. The van der Waals surface area contributed by atoms with Crippen LogP contribution in [0.4, 0.5) is 10.5 Å². The van der Waals surface area contributed by atoms with Crippen LogP contribution in [0.15, 0.2) is 46.0 Å². The van der Waals surface area contributed by atoms with E-state index in [4.69, 9.17) is 9.47 Å². The Labute approximate surface area is 155 Å². The van der Waals surface area contributed by atoms with Crippen molar-refractivity contribution in [3.8, 4) is 11.5 Å². The number of nitrogens with one attached hydrogen (secondary N) is 2. The molecule has 7 heteroatoms. The highest BCUT2D eigenvalue weighted by Gasteiger charge is 2.10. The second-order valence-electron chi connectivity index (χ2n) is 5.11. The minimum Gasteiger partial charge on any atom is -0.492 e. The summed E-state index contributed by atoms with van der Waals surface area (Å²) in [6.07, 6.45) is 1.53. The second-order valence-corrected chi connectivity index (χ2v) is 5.96. The Kier molecular flexibility index (Phi) is 6.82. The molecule has 0 aliphatic rings. The standard InChI is InChI=1S/C18H20BrN3O3/c1-4-25-16-10-13(9-14(19)17(16)24-3)11-20-22-18(23)21-15-8-6-5-7-12(15)2/h5-11H,4H2,1-3H3,(H2,21,22,23). The number of halogens is 1. The van der Waals surface area contributed by atoms with Crippen LogP contribution in [0.1, 0.15) is 18.1 Å². The van der Waals surface area contributed by atoms with Crippen LogP contribution >= 0.6 is 15.9 Å². The molecule has 0 unspecified atom stereocenters. The molecule has 0 atom stereocenters. The number of rotatable bonds is 6. The summed E-state index contributed by atoms with van der Waals surface area (Å²) in [5, 5.41) is 6.70. The molecule has 0 saturated heterocycles. The number of ether oxygens (including phenoxy) is 2. The summed E-state index contributed by atoms with van der Waals surface area (Å²) >= 11 is 3.43. The average molecular weight is 406 g/mol. The van der Waals surface area contributed by atoms with Crippen molar-refractivity contribution in [2.75, 3.05) is 19.0 Å². The van der Waals surface area contributed by atoms with Gasteiger partial charge in [0.1, 0.15) is 0 Å². The Morgan fingerprint density at radius 2 is 2.08 bits per heavy atom. The van der Waals surface area contributed by atoms with Gasteiger partial charge in [0.15, 0.2) is 11.5 Å². The molecule has 0 fully saturated rings. The van der Waals surface area contributed by atoms with E-state index in [1.807, 2.05) is 44.2 Å². The van der Waals surface area contributed by atoms with Crippen LogP contribution in [0.2, 0.25) is 0 Å². The number of benzene rings is 2. The quantitative estimate of drug-likeness (QED) is 0.555. The number of nitrogens with zero attached hydrogens (tertiary/aromatic N) is 1. The molecule has 2 amide bonds. The van der Waals surface area contributed by atoms with Crippen LogP contribution in [-0.2, 0) is 0 Å². The summed E-state index contributed by atoms with van der Waals surface area (Å²) in [7, 11) is 1.58. The zero-order valence-corrected chi connectivity index (χ0v) is 15.9. The highest BCUT2D eigenvalue weighted by Crippen LogP contribution is 2.36. The lowest BCUT2D eigenvalue weighted by Crippen LogP contribution is -2.24. The molecule has 0 aliphatic carbocycles. The maximum absolute atomic E-state index is 11.9. The van der Waals surface area contributed by atoms with Crippen molar-refractivity contribution < 1.29 is 14.3 Å². The molecular formula is C18H20BrN3O3. The molecule has 2 aromatic rings. The summed E-state index contributed by atoms with van der Waals surface area (Å²) in [5.41, 5.74) is 4.91. The highest BCUT2D eigenvalue weighted by molar-refractivity contribution is 9.10. The monoisotopic (exact) mass is 405 g/mol. The number of hydrogen-bond acceptors (Lipinski definition) is 4. The fraction of sp³-hybridized carbons (Fsp3) is 0.222. The maximum Gasteiger partial charge on any atom is 0.339 e. The van der Waals surface area contributed by atoms with Crippen LogP contribution in [-0.4, -0.2) is 26.0 Å². The van der Waals surface area contributed by atoms with Crippen LogP contribution < -0.4 is 20.2 Å². The number of hydrogen-bond donors (Lipinski definition) is 2. The van der Waals surface area contributed by atoms with E-state index in [2.05, 4.69) is 31.8 Å². The van der Waals surface area contributed by atoms with Gasteiger partial charge in [-0.2, -0.15) is 5.10 Å². The van der Waals surface area contributed by atoms with Gasteiger partial charge in [0.2, 0.25) is 0 Å². The van der Waals surface area contributed by atoms with Crippen LogP contribution in [0.3, 0.4) is 0 Å². The Morgan fingerprint density at radius 3 is 2.76 bits per heavy atom. The molecule has 2 rings (SSSR count). The summed E-state index contributed by atoms with van der Waals surface area (Å²) in [5.74, 6) is 1.22. The molecule has 0 bridgehead atoms. The van der Waals surface area contributed by atoms with E-state index < -0.39 is 6.03 Å². The first-order valence-electron chi connectivity index (χ1n) is 7.71. The fourth-order valence-electron chi connectivity index (χ4n) is 2.15. The number of carbonyl (C=O) groups is 1. The Hall–Kier alpha value is -2.54. The van der Waals surface area contributed by atoms with Crippen LogP contribution in [0.5, 0.6) is 11.5 Å². The van der Waals surface area contributed by atoms with E-state index >= 15 is 0 Å². The van der Waals surface area contributed by atoms with E-state index in [0.717, 1.165) is 21.3 Å². The minimum atomic E-state index is -0.414. The molecule has 0 aromatic heterocycles. The van der Waals surface area contributed by atoms with Crippen molar-refractivity contribution in [2.24, 2.45) is 5.10 Å². The molecule has 25 heavy (non-hydrogen) atoms.